The van der Waals surface area contributed by atoms with Gasteiger partial charge in [0.15, 0.2) is 5.13 Å². The molecule has 0 unspecified atom stereocenters. The Bertz CT molecular complexity index is 1570. The summed E-state index contributed by atoms with van der Waals surface area (Å²) >= 11 is 1.55. The molecule has 0 fully saturated rings. The molecule has 0 aliphatic rings. The van der Waals surface area contributed by atoms with Gasteiger partial charge in [-0.15, -0.1) is 0 Å². The fraction of sp³-hybridized carbons (Fsp3) is 0.276. The van der Waals surface area contributed by atoms with Gasteiger partial charge < -0.3 is 4.74 Å². The Morgan fingerprint density at radius 3 is 2.47 bits per heavy atom. The lowest BCUT2D eigenvalue weighted by molar-refractivity contribution is 0.0983. The average Bonchev–Trinajstić information content (AvgIpc) is 3.44. The molecule has 0 saturated heterocycles. The molecule has 36 heavy (non-hydrogen) atoms. The number of nitrogens with zero attached hydrogens (tertiary/aromatic N) is 4. The van der Waals surface area contributed by atoms with E-state index in [0.717, 1.165) is 32.4 Å². The van der Waals surface area contributed by atoms with Gasteiger partial charge in [0.1, 0.15) is 5.75 Å². The van der Waals surface area contributed by atoms with Crippen LogP contribution < -0.4 is 9.64 Å². The van der Waals surface area contributed by atoms with Gasteiger partial charge in [0.25, 0.3) is 5.91 Å². The fourth-order valence-electron chi connectivity index (χ4n) is 4.62. The number of hydrogen-bond donors (Lipinski definition) is 0. The normalized spacial score (nSPS) is 11.5. The molecule has 0 spiro atoms. The van der Waals surface area contributed by atoms with Crippen LogP contribution in [0.2, 0.25) is 0 Å². The van der Waals surface area contributed by atoms with E-state index in [1.54, 1.807) is 23.3 Å². The van der Waals surface area contributed by atoms with Crippen LogP contribution >= 0.6 is 11.3 Å². The predicted molar refractivity (Wildman–Crippen MR) is 148 cm³/mol. The monoisotopic (exact) mass is 498 g/mol. The molecular weight excluding hydrogens is 468 g/mol. The number of aromatic nitrogens is 3. The highest BCUT2D eigenvalue weighted by Crippen LogP contribution is 2.35. The quantitative estimate of drug-likeness (QED) is 0.249. The molecule has 0 aliphatic carbocycles. The fourth-order valence-corrected chi connectivity index (χ4v) is 5.65. The van der Waals surface area contributed by atoms with E-state index in [4.69, 9.17) is 9.72 Å². The van der Waals surface area contributed by atoms with Crippen LogP contribution in [0, 0.1) is 13.8 Å². The van der Waals surface area contributed by atoms with E-state index in [-0.39, 0.29) is 5.91 Å². The predicted octanol–water partition coefficient (Wildman–Crippen LogP) is 6.74. The van der Waals surface area contributed by atoms with Crippen molar-refractivity contribution < 1.29 is 9.53 Å². The minimum absolute atomic E-state index is 0.135. The second-order valence-electron chi connectivity index (χ2n) is 9.35. The zero-order valence-electron chi connectivity index (χ0n) is 21.3. The highest BCUT2D eigenvalue weighted by atomic mass is 32.1. The van der Waals surface area contributed by atoms with Crippen LogP contribution in [0.4, 0.5) is 5.13 Å². The van der Waals surface area contributed by atoms with Gasteiger partial charge in [0.05, 0.1) is 35.1 Å². The number of carbonyl (C=O) groups is 1. The lowest BCUT2D eigenvalue weighted by Gasteiger charge is -2.22. The second kappa shape index (κ2) is 9.74. The number of fused-ring (bicyclic) bond motifs is 2. The van der Waals surface area contributed by atoms with Gasteiger partial charge >= 0.3 is 0 Å². The van der Waals surface area contributed by atoms with Crippen molar-refractivity contribution in [3.63, 3.8) is 0 Å². The summed E-state index contributed by atoms with van der Waals surface area (Å²) in [6.45, 7) is 9.35. The maximum absolute atomic E-state index is 14.2. The number of anilines is 1. The van der Waals surface area contributed by atoms with Crippen LogP contribution in [-0.2, 0) is 6.54 Å². The number of amides is 1. The molecule has 5 aromatic rings. The van der Waals surface area contributed by atoms with E-state index in [9.17, 15) is 4.79 Å². The summed E-state index contributed by atoms with van der Waals surface area (Å²) in [5.74, 6) is 0.756. The molecule has 2 heterocycles. The van der Waals surface area contributed by atoms with Crippen molar-refractivity contribution in [2.24, 2.45) is 0 Å². The van der Waals surface area contributed by atoms with Crippen molar-refractivity contribution in [3.05, 3.63) is 83.2 Å². The van der Waals surface area contributed by atoms with Crippen molar-refractivity contribution >= 4 is 43.4 Å². The van der Waals surface area contributed by atoms with Crippen LogP contribution in [0.3, 0.4) is 0 Å². The van der Waals surface area contributed by atoms with Gasteiger partial charge in [-0.05, 0) is 60.4 Å². The van der Waals surface area contributed by atoms with E-state index in [1.807, 2.05) is 61.0 Å². The first kappa shape index (κ1) is 24.0. The summed E-state index contributed by atoms with van der Waals surface area (Å²) in [6, 6.07) is 20.1. The van der Waals surface area contributed by atoms with Crippen LogP contribution in [0.25, 0.3) is 21.0 Å². The molecule has 184 valence electrons. The Morgan fingerprint density at radius 1 is 1.06 bits per heavy atom. The zero-order chi connectivity index (χ0) is 25.4. The van der Waals surface area contributed by atoms with Crippen molar-refractivity contribution in [2.75, 3.05) is 18.6 Å². The first-order valence-corrected chi connectivity index (χ1v) is 13.0. The Kier molecular flexibility index (Phi) is 6.49. The standard InChI is InChI=1S/C29H30N4O2S/c1-18(2)23-11-8-12-26-27(23)30-29(36-26)32(13-14-33-20(4)15-19(3)31-33)28(34)24-16-21-9-6-7-10-22(21)17-25(24)35-5/h6-12,15-18H,13-14H2,1-5H3. The van der Waals surface area contributed by atoms with E-state index >= 15 is 0 Å². The number of ether oxygens (including phenoxy) is 1. The highest BCUT2D eigenvalue weighted by Gasteiger charge is 2.25. The van der Waals surface area contributed by atoms with E-state index < -0.39 is 0 Å². The maximum atomic E-state index is 14.2. The number of benzene rings is 3. The van der Waals surface area contributed by atoms with Gasteiger partial charge in [-0.3, -0.25) is 14.4 Å². The molecule has 5 rings (SSSR count). The minimum atomic E-state index is -0.135. The Balaban J connectivity index is 1.61. The smallest absolute Gasteiger partial charge is 0.263 e. The number of hydrogen-bond acceptors (Lipinski definition) is 5. The second-order valence-corrected chi connectivity index (χ2v) is 10.4. The van der Waals surface area contributed by atoms with Crippen LogP contribution in [0.5, 0.6) is 5.75 Å². The average molecular weight is 499 g/mol. The molecule has 7 heteroatoms. The first-order chi connectivity index (χ1) is 17.4. The van der Waals surface area contributed by atoms with Crippen LogP contribution in [0.1, 0.15) is 47.1 Å². The summed E-state index contributed by atoms with van der Waals surface area (Å²) < 4.78 is 8.69. The van der Waals surface area contributed by atoms with E-state index in [2.05, 4.69) is 37.1 Å². The zero-order valence-corrected chi connectivity index (χ0v) is 22.1. The van der Waals surface area contributed by atoms with Gasteiger partial charge in [0.2, 0.25) is 0 Å². The highest BCUT2D eigenvalue weighted by molar-refractivity contribution is 7.22. The SMILES string of the molecule is COc1cc2ccccc2cc1C(=O)N(CCn1nc(C)cc1C)c1nc2c(C(C)C)cccc2s1. The third-order valence-electron chi connectivity index (χ3n) is 6.47. The molecule has 0 N–H and O–H groups in total. The lowest BCUT2D eigenvalue weighted by atomic mass is 10.0. The number of thiazole rings is 1. The Morgan fingerprint density at radius 2 is 1.81 bits per heavy atom. The molecule has 1 amide bonds. The lowest BCUT2D eigenvalue weighted by Crippen LogP contribution is -2.34. The molecule has 0 bridgehead atoms. The molecule has 0 aliphatic heterocycles. The number of para-hydroxylation sites is 1. The molecule has 3 aromatic carbocycles. The van der Waals surface area contributed by atoms with Gasteiger partial charge in [-0.1, -0.05) is 61.6 Å². The number of methoxy groups -OCH3 is 1. The number of carbonyl (C=O) groups excluding carboxylic acids is 1. The van der Waals surface area contributed by atoms with Crippen molar-refractivity contribution in [1.82, 2.24) is 14.8 Å². The molecule has 0 atom stereocenters. The summed E-state index contributed by atoms with van der Waals surface area (Å²) in [6.07, 6.45) is 0. The van der Waals surface area contributed by atoms with Gasteiger partial charge in [0, 0.05) is 12.2 Å². The summed E-state index contributed by atoms with van der Waals surface area (Å²) in [4.78, 5) is 20.9. The van der Waals surface area contributed by atoms with Crippen molar-refractivity contribution in [3.8, 4) is 5.75 Å². The number of aryl methyl sites for hydroxylation is 2. The minimum Gasteiger partial charge on any atom is -0.496 e. The summed E-state index contributed by atoms with van der Waals surface area (Å²) in [5, 5.41) is 7.30. The first-order valence-electron chi connectivity index (χ1n) is 12.1. The van der Waals surface area contributed by atoms with Gasteiger partial charge in [-0.25, -0.2) is 4.98 Å². The van der Waals surface area contributed by atoms with Crippen LogP contribution in [0.15, 0.2) is 60.7 Å². The third kappa shape index (κ3) is 4.46. The number of rotatable bonds is 7. The largest absolute Gasteiger partial charge is 0.496 e. The maximum Gasteiger partial charge on any atom is 0.263 e. The Labute approximate surface area is 215 Å². The molecule has 0 saturated carbocycles. The van der Waals surface area contributed by atoms with E-state index in [1.165, 1.54) is 5.56 Å². The Hall–Kier alpha value is -3.71. The molecular formula is C29H30N4O2S. The summed E-state index contributed by atoms with van der Waals surface area (Å²) in [7, 11) is 1.60. The molecule has 2 aromatic heterocycles. The topological polar surface area (TPSA) is 60.2 Å². The van der Waals surface area contributed by atoms with Gasteiger partial charge in [-0.2, -0.15) is 5.10 Å². The molecule has 0 radical (unpaired) electrons. The van der Waals surface area contributed by atoms with Crippen molar-refractivity contribution in [1.29, 1.82) is 0 Å². The summed E-state index contributed by atoms with van der Waals surface area (Å²) in [5.41, 5.74) is 4.69. The third-order valence-corrected chi connectivity index (χ3v) is 7.52. The molecule has 6 nitrogen and oxygen atoms in total. The van der Waals surface area contributed by atoms with E-state index in [0.29, 0.717) is 35.5 Å². The van der Waals surface area contributed by atoms with Crippen molar-refractivity contribution in [2.45, 2.75) is 40.2 Å². The van der Waals surface area contributed by atoms with Crippen LogP contribution in [-0.4, -0.2) is 34.3 Å².